The Bertz CT molecular complexity index is 2500. The molecule has 2 aromatic carbocycles. The second-order valence-corrected chi connectivity index (χ2v) is 22.5. The Kier molecular flexibility index (Phi) is 14.3. The molecule has 15 nitrogen and oxygen atoms in total. The van der Waals surface area contributed by atoms with Crippen molar-refractivity contribution in [1.29, 1.82) is 0 Å². The highest BCUT2D eigenvalue weighted by Gasteiger charge is 2.45. The maximum absolute atomic E-state index is 13.7. The lowest BCUT2D eigenvalue weighted by atomic mass is 9.81. The van der Waals surface area contributed by atoms with Gasteiger partial charge in [-0.1, -0.05) is 45.9 Å². The summed E-state index contributed by atoms with van der Waals surface area (Å²) in [5.41, 5.74) is 2.40. The number of Topliss-reactive ketones (excluding diaryl/α,β-unsaturated/α-hetero) is 1. The Morgan fingerprint density at radius 2 is 1.40 bits per heavy atom. The number of hydrogen-bond donors (Lipinski definition) is 3. The summed E-state index contributed by atoms with van der Waals surface area (Å²) >= 11 is 0. The summed E-state index contributed by atoms with van der Waals surface area (Å²) in [6.07, 6.45) is 9.64. The van der Waals surface area contributed by atoms with Crippen LogP contribution in [0.3, 0.4) is 0 Å². The Balaban J connectivity index is 1.68. The Morgan fingerprint density at radius 3 is 2.00 bits per heavy atom. The number of allylic oxidation sites excluding steroid dienone is 6. The summed E-state index contributed by atoms with van der Waals surface area (Å²) in [6.45, 7) is 11.7. The maximum Gasteiger partial charge on any atom is 0.294 e. The minimum atomic E-state index is -4.51. The second-order valence-electron chi connectivity index (χ2n) is 15.9. The van der Waals surface area contributed by atoms with Crippen LogP contribution in [0.5, 0.6) is 0 Å². The monoisotopic (exact) mass is 884 g/mol. The molecule has 320 valence electrons. The van der Waals surface area contributed by atoms with Gasteiger partial charge in [-0.05, 0) is 68.7 Å². The number of carbonyl (C=O) groups is 1. The molecule has 0 fully saturated rings. The number of fused-ring (bicyclic) bond motifs is 2. The van der Waals surface area contributed by atoms with Gasteiger partial charge in [-0.25, -0.2) is 12.7 Å². The molecule has 0 amide bonds. The normalized spacial score (nSPS) is 17.7. The number of rotatable bonds is 19. The summed E-state index contributed by atoms with van der Waals surface area (Å²) in [5, 5.41) is 0. The molecule has 2 aliphatic heterocycles. The van der Waals surface area contributed by atoms with E-state index in [0.29, 0.717) is 34.6 Å². The molecule has 2 aromatic rings. The second kappa shape index (κ2) is 17.6. The first kappa shape index (κ1) is 47.1. The summed E-state index contributed by atoms with van der Waals surface area (Å²) in [5.74, 6) is -1.05. The lowest BCUT2D eigenvalue weighted by Gasteiger charge is -2.27. The van der Waals surface area contributed by atoms with E-state index in [4.69, 9.17) is 0 Å². The lowest BCUT2D eigenvalue weighted by Crippen LogP contribution is -2.30. The SMILES string of the molecule is CC(C)C(=O)CCCN(C)S(=O)(=O)c1ccc2c(c1)C(C)(C)C(/C=C/C=C/C=C1/N(CCCS(=O)(=O)O)c3ccc(S(=O)(=O)O)cc3C1(C)C)=[N+]2CCCS(=O)(=O)O. The van der Waals surface area contributed by atoms with E-state index >= 15 is 0 Å². The van der Waals surface area contributed by atoms with Crippen LogP contribution in [0.4, 0.5) is 11.4 Å². The van der Waals surface area contributed by atoms with Gasteiger partial charge in [0, 0.05) is 73.4 Å². The molecule has 0 spiro atoms. The first-order valence-corrected chi connectivity index (χ1v) is 24.8. The van der Waals surface area contributed by atoms with Gasteiger partial charge in [0.2, 0.25) is 15.7 Å². The molecular weight excluding hydrogens is 831 g/mol. The third-order valence-corrected chi connectivity index (χ3v) is 14.9. The summed E-state index contributed by atoms with van der Waals surface area (Å²) in [7, 11) is -15.5. The molecule has 4 rings (SSSR count). The van der Waals surface area contributed by atoms with E-state index in [2.05, 4.69) is 0 Å². The molecule has 19 heteroatoms. The van der Waals surface area contributed by atoms with Crippen LogP contribution < -0.4 is 4.90 Å². The highest BCUT2D eigenvalue weighted by Crippen LogP contribution is 2.48. The summed E-state index contributed by atoms with van der Waals surface area (Å²) in [6, 6.07) is 8.96. The molecule has 0 aromatic heterocycles. The van der Waals surface area contributed by atoms with Crippen LogP contribution in [0.2, 0.25) is 0 Å². The van der Waals surface area contributed by atoms with Crippen molar-refractivity contribution in [1.82, 2.24) is 4.31 Å². The van der Waals surface area contributed by atoms with Gasteiger partial charge in [-0.2, -0.15) is 29.8 Å². The lowest BCUT2D eigenvalue weighted by molar-refractivity contribution is -0.437. The number of carbonyl (C=O) groups excluding carboxylic acids is 1. The van der Waals surface area contributed by atoms with Gasteiger partial charge in [0.25, 0.3) is 30.4 Å². The van der Waals surface area contributed by atoms with Crippen LogP contribution in [0, 0.1) is 5.92 Å². The largest absolute Gasteiger partial charge is 0.344 e. The molecule has 0 unspecified atom stereocenters. The fourth-order valence-corrected chi connectivity index (χ4v) is 10.1. The van der Waals surface area contributed by atoms with Crippen molar-refractivity contribution in [2.75, 3.05) is 43.1 Å². The predicted octanol–water partition coefficient (Wildman–Crippen LogP) is 5.29. The Hall–Kier alpha value is -3.56. The molecule has 2 aliphatic rings. The fourth-order valence-electron chi connectivity index (χ4n) is 7.34. The molecule has 0 bridgehead atoms. The van der Waals surface area contributed by atoms with E-state index in [1.807, 2.05) is 43.2 Å². The van der Waals surface area contributed by atoms with E-state index in [9.17, 15) is 52.1 Å². The Labute approximate surface area is 343 Å². The Morgan fingerprint density at radius 1 is 0.793 bits per heavy atom. The van der Waals surface area contributed by atoms with Crippen LogP contribution in [0.25, 0.3) is 0 Å². The van der Waals surface area contributed by atoms with Crippen LogP contribution >= 0.6 is 0 Å². The molecule has 0 aliphatic carbocycles. The quantitative estimate of drug-likeness (QED) is 0.0929. The molecular formula is C39H54N3O12S4+. The van der Waals surface area contributed by atoms with E-state index < -0.39 is 62.7 Å². The molecule has 0 saturated heterocycles. The molecule has 58 heavy (non-hydrogen) atoms. The minimum absolute atomic E-state index is 0.0577. The van der Waals surface area contributed by atoms with Crippen molar-refractivity contribution in [3.05, 3.63) is 83.6 Å². The van der Waals surface area contributed by atoms with Gasteiger partial charge in [-0.15, -0.1) is 0 Å². The van der Waals surface area contributed by atoms with Gasteiger partial charge in [0.05, 0.1) is 26.7 Å². The van der Waals surface area contributed by atoms with Gasteiger partial charge in [0.15, 0.2) is 5.71 Å². The molecule has 3 N–H and O–H groups in total. The smallest absolute Gasteiger partial charge is 0.294 e. The topological polar surface area (TPSA) is 224 Å². The van der Waals surface area contributed by atoms with E-state index in [1.54, 1.807) is 50.3 Å². The number of nitrogens with zero attached hydrogens (tertiary/aromatic N) is 3. The van der Waals surface area contributed by atoms with Crippen molar-refractivity contribution in [2.45, 2.75) is 87.8 Å². The third kappa shape index (κ3) is 11.0. The zero-order valence-electron chi connectivity index (χ0n) is 33.8. The van der Waals surface area contributed by atoms with Crippen LogP contribution in [-0.2, 0) is 56.0 Å². The predicted molar refractivity (Wildman–Crippen MR) is 223 cm³/mol. The van der Waals surface area contributed by atoms with Crippen LogP contribution in [0.1, 0.15) is 78.4 Å². The average molecular weight is 885 g/mol. The highest BCUT2D eigenvalue weighted by atomic mass is 32.2. The minimum Gasteiger partial charge on any atom is -0.344 e. The molecule has 2 heterocycles. The van der Waals surface area contributed by atoms with Gasteiger partial charge in [0.1, 0.15) is 12.3 Å². The van der Waals surface area contributed by atoms with Crippen molar-refractivity contribution >= 4 is 63.2 Å². The number of ketones is 1. The number of sulfonamides is 1. The van der Waals surface area contributed by atoms with Gasteiger partial charge < -0.3 is 4.90 Å². The zero-order valence-corrected chi connectivity index (χ0v) is 37.0. The summed E-state index contributed by atoms with van der Waals surface area (Å²) < 4.78 is 129. The average Bonchev–Trinajstić information content (AvgIpc) is 3.44. The molecule has 0 saturated carbocycles. The first-order valence-electron chi connectivity index (χ1n) is 18.7. The van der Waals surface area contributed by atoms with Crippen molar-refractivity contribution in [2.24, 2.45) is 5.92 Å². The fraction of sp³-hybridized carbons (Fsp3) is 0.487. The van der Waals surface area contributed by atoms with Gasteiger partial charge >= 0.3 is 0 Å². The van der Waals surface area contributed by atoms with E-state index in [-0.39, 0.29) is 60.4 Å². The van der Waals surface area contributed by atoms with Crippen molar-refractivity contribution in [3.63, 3.8) is 0 Å². The molecule has 0 radical (unpaired) electrons. The number of anilines is 1. The standard InChI is InChI=1S/C39H53N3O12S4/c1-28(2)35(43)14-11-21-40(7)57(50,51)29-17-19-33-31(26-29)38(3,4)36(41(33)22-12-24-55(44,45)46)15-9-8-10-16-37-39(5,6)32-27-30(58(52,53)54)18-20-34(32)42(37)23-13-25-56(47,48)49/h8-10,15-20,26-28H,11-14,21-25H2,1-7H3,(H2-,44,45,46,47,48,49,52,53,54)/p+1. The first-order chi connectivity index (χ1) is 26.6. The number of benzene rings is 2. The maximum atomic E-state index is 13.7. The van der Waals surface area contributed by atoms with E-state index in [0.717, 1.165) is 5.71 Å². The van der Waals surface area contributed by atoms with Gasteiger partial charge in [-0.3, -0.25) is 18.5 Å². The van der Waals surface area contributed by atoms with E-state index in [1.165, 1.54) is 35.6 Å². The number of hydrogen-bond acceptors (Lipinski definition) is 10. The van der Waals surface area contributed by atoms with Crippen LogP contribution in [0.15, 0.2) is 82.3 Å². The summed E-state index contributed by atoms with van der Waals surface area (Å²) in [4.78, 5) is 13.7. The third-order valence-electron chi connectivity index (χ3n) is 10.6. The zero-order chi connectivity index (χ0) is 43.6. The van der Waals surface area contributed by atoms with Crippen molar-refractivity contribution in [3.8, 4) is 0 Å². The highest BCUT2D eigenvalue weighted by molar-refractivity contribution is 7.89. The molecule has 0 atom stereocenters. The van der Waals surface area contributed by atoms with Crippen LogP contribution in [-0.4, -0.2) is 106 Å². The van der Waals surface area contributed by atoms with Crippen molar-refractivity contribution < 1.29 is 56.7 Å².